The molecule has 1 heterocycles. The molecule has 0 radical (unpaired) electrons. The van der Waals surface area contributed by atoms with Crippen LogP contribution in [0.5, 0.6) is 0 Å². The third kappa shape index (κ3) is 6.17. The second-order valence-corrected chi connectivity index (χ2v) is 7.55. The van der Waals surface area contributed by atoms with Crippen LogP contribution in [0.3, 0.4) is 0 Å². The molecule has 4 nitrogen and oxygen atoms in total. The smallest absolute Gasteiger partial charge is 0.212 e. The summed E-state index contributed by atoms with van der Waals surface area (Å²) in [4.78, 5) is 0. The maximum Gasteiger partial charge on any atom is 0.212 e. The SMILES string of the molecule is [O-][Cl+3]([O-])([O-])[O-].c1ccc(-c2c[s+]cc(-c3ccccc3)c2-c2ccccc2)cc1. The van der Waals surface area contributed by atoms with E-state index in [0.717, 1.165) is 0 Å². The van der Waals surface area contributed by atoms with Crippen molar-refractivity contribution in [2.75, 3.05) is 0 Å². The first-order chi connectivity index (χ1) is 13.9. The Hall–Kier alpha value is -2.64. The van der Waals surface area contributed by atoms with Gasteiger partial charge < -0.3 is 0 Å². The van der Waals surface area contributed by atoms with Crippen LogP contribution in [-0.2, 0) is 0 Å². The fourth-order valence-corrected chi connectivity index (χ4v) is 3.86. The van der Waals surface area contributed by atoms with E-state index in [1.165, 1.54) is 33.4 Å². The van der Waals surface area contributed by atoms with E-state index in [0.29, 0.717) is 0 Å². The van der Waals surface area contributed by atoms with Gasteiger partial charge in [0.25, 0.3) is 0 Å². The molecule has 3 aromatic carbocycles. The van der Waals surface area contributed by atoms with E-state index in [-0.39, 0.29) is 0 Å². The summed E-state index contributed by atoms with van der Waals surface area (Å²) in [6, 6.07) is 31.9. The van der Waals surface area contributed by atoms with E-state index in [1.54, 1.807) is 11.3 Å². The molecule has 6 heteroatoms. The van der Waals surface area contributed by atoms with Crippen molar-refractivity contribution in [2.45, 2.75) is 0 Å². The molecule has 0 amide bonds. The lowest BCUT2D eigenvalue weighted by Crippen LogP contribution is -2.68. The fraction of sp³-hybridized carbons (Fsp3) is 0. The minimum absolute atomic E-state index is 1.25. The van der Waals surface area contributed by atoms with Crippen LogP contribution in [0, 0.1) is 10.2 Å². The quantitative estimate of drug-likeness (QED) is 0.471. The Morgan fingerprint density at radius 3 is 1.14 bits per heavy atom. The number of hydrogen-bond donors (Lipinski definition) is 0. The molecule has 146 valence electrons. The van der Waals surface area contributed by atoms with E-state index in [4.69, 9.17) is 18.6 Å². The lowest BCUT2D eigenvalue weighted by Gasteiger charge is -2.17. The van der Waals surface area contributed by atoms with Gasteiger partial charge in [0, 0.05) is 16.7 Å². The maximum atomic E-state index is 8.49. The van der Waals surface area contributed by atoms with Crippen LogP contribution in [0.15, 0.2) is 102 Å². The standard InChI is InChI=1S/C23H17S.ClHO4/c1-4-10-18(11-5-1)21-16-24-17-22(19-12-6-2-7-13-19)23(21)20-14-8-3-9-15-20;2-1(3,4)5/h1-17H;(H,2,3,4,5)/q+1;/p-1. The van der Waals surface area contributed by atoms with E-state index in [9.17, 15) is 0 Å². The second kappa shape index (κ2) is 9.71. The number of benzene rings is 3. The molecular weight excluding hydrogens is 408 g/mol. The zero-order valence-corrected chi connectivity index (χ0v) is 16.8. The minimum Gasteiger partial charge on any atom is -0.222 e. The van der Waals surface area contributed by atoms with Crippen LogP contribution in [0.25, 0.3) is 33.4 Å². The molecule has 0 fully saturated rings. The van der Waals surface area contributed by atoms with Crippen molar-refractivity contribution in [1.29, 1.82) is 0 Å². The summed E-state index contributed by atoms with van der Waals surface area (Å²) in [5, 5.41) is 4.51. The van der Waals surface area contributed by atoms with Gasteiger partial charge in [0.05, 0.1) is 0 Å². The fourth-order valence-electron chi connectivity index (χ4n) is 3.01. The molecule has 0 saturated heterocycles. The Bertz CT molecular complexity index is 973. The summed E-state index contributed by atoms with van der Waals surface area (Å²) in [6.07, 6.45) is 0. The van der Waals surface area contributed by atoms with Crippen molar-refractivity contribution < 1.29 is 28.9 Å². The largest absolute Gasteiger partial charge is 0.222 e. The lowest BCUT2D eigenvalue weighted by molar-refractivity contribution is -2.00. The van der Waals surface area contributed by atoms with Gasteiger partial charge in [-0.1, -0.05) is 91.0 Å². The number of rotatable bonds is 3. The highest BCUT2D eigenvalue weighted by atomic mass is 35.7. The summed E-state index contributed by atoms with van der Waals surface area (Å²) >= 11 is 1.75. The molecular formula is C23H17ClO4S. The first-order valence-electron chi connectivity index (χ1n) is 8.65. The van der Waals surface area contributed by atoms with E-state index < -0.39 is 10.2 Å². The Morgan fingerprint density at radius 1 is 0.483 bits per heavy atom. The predicted molar refractivity (Wildman–Crippen MR) is 105 cm³/mol. The summed E-state index contributed by atoms with van der Waals surface area (Å²) in [5.41, 5.74) is 7.63. The van der Waals surface area contributed by atoms with E-state index in [1.807, 2.05) is 0 Å². The van der Waals surface area contributed by atoms with Gasteiger partial charge in [0.15, 0.2) is 0 Å². The highest BCUT2D eigenvalue weighted by Gasteiger charge is 2.18. The third-order valence-corrected chi connectivity index (χ3v) is 4.89. The summed E-state index contributed by atoms with van der Waals surface area (Å²) in [6.45, 7) is 0. The third-order valence-electron chi connectivity index (χ3n) is 4.14. The zero-order valence-electron chi connectivity index (χ0n) is 15.2. The first-order valence-corrected chi connectivity index (χ1v) is 10.8. The molecule has 0 spiro atoms. The molecule has 0 aliphatic heterocycles. The molecule has 1 aromatic heterocycles. The van der Waals surface area contributed by atoms with Crippen molar-refractivity contribution in [3.63, 3.8) is 0 Å². The number of hydrogen-bond acceptors (Lipinski definition) is 4. The van der Waals surface area contributed by atoms with Crippen LogP contribution in [0.2, 0.25) is 0 Å². The number of halogens is 1. The molecule has 4 rings (SSSR count). The first kappa shape index (κ1) is 21.1. The summed E-state index contributed by atoms with van der Waals surface area (Å²) in [7, 11) is -4.94. The van der Waals surface area contributed by atoms with Gasteiger partial charge in [-0.15, -0.1) is 10.2 Å². The summed E-state index contributed by atoms with van der Waals surface area (Å²) < 4.78 is 34.0. The topological polar surface area (TPSA) is 92.2 Å². The van der Waals surface area contributed by atoms with Gasteiger partial charge in [-0.2, -0.15) is 0 Å². The molecule has 0 bridgehead atoms. The second-order valence-electron chi connectivity index (χ2n) is 6.05. The monoisotopic (exact) mass is 424 g/mol. The summed E-state index contributed by atoms with van der Waals surface area (Å²) in [5.74, 6) is 0. The van der Waals surface area contributed by atoms with Crippen molar-refractivity contribution in [1.82, 2.24) is 0 Å². The molecule has 0 N–H and O–H groups in total. The Balaban J connectivity index is 0.000000431. The van der Waals surface area contributed by atoms with Gasteiger partial charge in [-0.25, -0.2) is 18.6 Å². The van der Waals surface area contributed by atoms with Crippen LogP contribution < -0.4 is 18.6 Å². The normalized spacial score (nSPS) is 10.8. The van der Waals surface area contributed by atoms with E-state index in [2.05, 4.69) is 102 Å². The van der Waals surface area contributed by atoms with Gasteiger partial charge in [-0.05, 0) is 16.7 Å². The minimum atomic E-state index is -4.94. The van der Waals surface area contributed by atoms with Crippen molar-refractivity contribution in [3.05, 3.63) is 102 Å². The average Bonchev–Trinajstić information content (AvgIpc) is 2.74. The van der Waals surface area contributed by atoms with Gasteiger partial charge in [0.2, 0.25) is 22.1 Å². The van der Waals surface area contributed by atoms with Crippen molar-refractivity contribution in [3.8, 4) is 33.4 Å². The predicted octanol–water partition coefficient (Wildman–Crippen LogP) is 2.27. The Morgan fingerprint density at radius 2 is 0.793 bits per heavy atom. The molecule has 0 aliphatic carbocycles. The van der Waals surface area contributed by atoms with E-state index >= 15 is 0 Å². The Kier molecular flexibility index (Phi) is 7.06. The molecule has 0 atom stereocenters. The molecule has 29 heavy (non-hydrogen) atoms. The average molecular weight is 425 g/mol. The van der Waals surface area contributed by atoms with Crippen molar-refractivity contribution >= 4 is 11.3 Å². The highest BCUT2D eigenvalue weighted by molar-refractivity contribution is 7.08. The maximum absolute atomic E-state index is 8.49. The lowest BCUT2D eigenvalue weighted by atomic mass is 9.91. The van der Waals surface area contributed by atoms with Gasteiger partial charge >= 0.3 is 0 Å². The molecule has 0 aliphatic rings. The van der Waals surface area contributed by atoms with Crippen molar-refractivity contribution in [2.24, 2.45) is 0 Å². The molecule has 0 unspecified atom stereocenters. The van der Waals surface area contributed by atoms with Crippen LogP contribution >= 0.6 is 11.3 Å². The van der Waals surface area contributed by atoms with Gasteiger partial charge in [0.1, 0.15) is 0 Å². The van der Waals surface area contributed by atoms with Crippen LogP contribution in [0.1, 0.15) is 0 Å². The zero-order chi connectivity index (χ0) is 20.7. The van der Waals surface area contributed by atoms with Crippen LogP contribution in [-0.4, -0.2) is 0 Å². The van der Waals surface area contributed by atoms with Gasteiger partial charge in [-0.3, -0.25) is 0 Å². The molecule has 0 saturated carbocycles. The Labute approximate surface area is 175 Å². The van der Waals surface area contributed by atoms with Crippen LogP contribution in [0.4, 0.5) is 0 Å². The highest BCUT2D eigenvalue weighted by Crippen LogP contribution is 2.40. The molecule has 4 aromatic rings.